The summed E-state index contributed by atoms with van der Waals surface area (Å²) in [5.41, 5.74) is -3.21. The smallest absolute Gasteiger partial charge is 0.311 e. The zero-order chi connectivity index (χ0) is 14.6. The number of thioether (sulfide) groups is 1. The molecule has 1 aliphatic carbocycles. The van der Waals surface area contributed by atoms with E-state index in [4.69, 9.17) is 0 Å². The number of alkyl halides is 3. The molecule has 1 aromatic carbocycles. The number of nitrogens with zero attached hydrogens (tertiary/aromatic N) is 1. The Kier molecular flexibility index (Phi) is 5.35. The van der Waals surface area contributed by atoms with Crippen molar-refractivity contribution in [3.05, 3.63) is 29.8 Å². The van der Waals surface area contributed by atoms with Crippen LogP contribution in [0, 0.1) is 0 Å². The van der Waals surface area contributed by atoms with Crippen LogP contribution in [0.25, 0.3) is 0 Å². The fourth-order valence-electron chi connectivity index (χ4n) is 1.99. The molecule has 1 N–H and O–H groups in total. The Labute approximate surface area is 121 Å². The van der Waals surface area contributed by atoms with Crippen molar-refractivity contribution in [2.45, 2.75) is 35.8 Å². The number of hydrogen-bond acceptors (Lipinski definition) is 3. The topological polar surface area (TPSA) is 15.3 Å². The maximum absolute atomic E-state index is 12.2. The Hall–Kier alpha value is -0.720. The van der Waals surface area contributed by atoms with Gasteiger partial charge in [-0.05, 0) is 49.3 Å². The molecule has 0 saturated heterocycles. The van der Waals surface area contributed by atoms with E-state index >= 15 is 0 Å². The molecule has 2 nitrogen and oxygen atoms in total. The van der Waals surface area contributed by atoms with Gasteiger partial charge in [-0.25, -0.2) is 0 Å². The highest BCUT2D eigenvalue weighted by Gasteiger charge is 2.29. The van der Waals surface area contributed by atoms with Gasteiger partial charge in [0.2, 0.25) is 0 Å². The van der Waals surface area contributed by atoms with Crippen molar-refractivity contribution in [2.24, 2.45) is 0 Å². The number of likely N-dealkylation sites (N-methyl/N-ethyl adjacent to an activating group) is 1. The molecule has 0 aromatic heterocycles. The van der Waals surface area contributed by atoms with Gasteiger partial charge in [0.15, 0.2) is 0 Å². The van der Waals surface area contributed by atoms with Crippen LogP contribution in [0.15, 0.2) is 29.2 Å². The van der Waals surface area contributed by atoms with Crippen LogP contribution in [0.3, 0.4) is 0 Å². The van der Waals surface area contributed by atoms with E-state index in [1.54, 1.807) is 12.1 Å². The first kappa shape index (κ1) is 15.7. The average molecular weight is 304 g/mol. The summed E-state index contributed by atoms with van der Waals surface area (Å²) in [4.78, 5) is 2.57. The van der Waals surface area contributed by atoms with Crippen molar-refractivity contribution in [3.8, 4) is 0 Å². The average Bonchev–Trinajstić information content (AvgIpc) is 3.18. The fraction of sp³-hybridized carbons (Fsp3) is 0.571. The van der Waals surface area contributed by atoms with Gasteiger partial charge in [-0.3, -0.25) is 0 Å². The molecule has 1 fully saturated rings. The van der Waals surface area contributed by atoms with Crippen LogP contribution in [-0.2, 0) is 6.54 Å². The van der Waals surface area contributed by atoms with Crippen molar-refractivity contribution < 1.29 is 13.2 Å². The summed E-state index contributed by atoms with van der Waals surface area (Å²) in [6, 6.07) is 7.28. The summed E-state index contributed by atoms with van der Waals surface area (Å²) < 4.78 is 36.5. The number of rotatable bonds is 7. The minimum Gasteiger partial charge on any atom is -0.311 e. The Bertz CT molecular complexity index is 415. The molecule has 112 valence electrons. The molecule has 6 heteroatoms. The number of nitrogens with one attached hydrogen (secondary N) is 1. The molecule has 0 radical (unpaired) electrons. The summed E-state index contributed by atoms with van der Waals surface area (Å²) in [6.45, 7) is 2.59. The molecule has 0 aliphatic heterocycles. The Morgan fingerprint density at radius 1 is 1.25 bits per heavy atom. The van der Waals surface area contributed by atoms with Gasteiger partial charge < -0.3 is 10.2 Å². The third-order valence-corrected chi connectivity index (χ3v) is 4.04. The van der Waals surface area contributed by atoms with E-state index in [9.17, 15) is 13.2 Å². The van der Waals surface area contributed by atoms with Crippen LogP contribution >= 0.6 is 11.8 Å². The van der Waals surface area contributed by atoms with Crippen molar-refractivity contribution in [1.82, 2.24) is 10.2 Å². The third kappa shape index (κ3) is 5.73. The standard InChI is InChI=1S/C14H19F3N2S/c1-19(12-4-5-12)9-8-18-10-11-2-6-13(7-3-11)20-14(15,16)17/h2-3,6-7,12,18H,4-5,8-10H2,1H3. The lowest BCUT2D eigenvalue weighted by Crippen LogP contribution is -2.30. The zero-order valence-corrected chi connectivity index (χ0v) is 12.2. The lowest BCUT2D eigenvalue weighted by atomic mass is 10.2. The first-order valence-electron chi connectivity index (χ1n) is 6.70. The van der Waals surface area contributed by atoms with Gasteiger partial charge in [-0.15, -0.1) is 0 Å². The van der Waals surface area contributed by atoms with Gasteiger partial charge in [-0.1, -0.05) is 12.1 Å². The van der Waals surface area contributed by atoms with Gasteiger partial charge in [-0.2, -0.15) is 13.2 Å². The molecular formula is C14H19F3N2S. The van der Waals surface area contributed by atoms with E-state index in [-0.39, 0.29) is 16.7 Å². The van der Waals surface area contributed by atoms with Gasteiger partial charge >= 0.3 is 5.51 Å². The molecule has 0 heterocycles. The first-order valence-corrected chi connectivity index (χ1v) is 7.51. The summed E-state index contributed by atoms with van der Waals surface area (Å²) in [7, 11) is 2.13. The van der Waals surface area contributed by atoms with E-state index in [0.29, 0.717) is 6.54 Å². The SMILES string of the molecule is CN(CCNCc1ccc(SC(F)(F)F)cc1)C1CC1. The highest BCUT2D eigenvalue weighted by atomic mass is 32.2. The van der Waals surface area contributed by atoms with Crippen LogP contribution in [-0.4, -0.2) is 36.6 Å². The maximum Gasteiger partial charge on any atom is 0.446 e. The minimum atomic E-state index is -4.22. The molecule has 0 bridgehead atoms. The first-order chi connectivity index (χ1) is 9.44. The van der Waals surface area contributed by atoms with Gasteiger partial charge in [0.25, 0.3) is 0 Å². The maximum atomic E-state index is 12.2. The second-order valence-electron chi connectivity index (χ2n) is 5.08. The molecule has 1 aromatic rings. The van der Waals surface area contributed by atoms with Gasteiger partial charge in [0.05, 0.1) is 0 Å². The predicted molar refractivity (Wildman–Crippen MR) is 75.7 cm³/mol. The molecule has 0 spiro atoms. The molecular weight excluding hydrogens is 285 g/mol. The minimum absolute atomic E-state index is 0.0752. The van der Waals surface area contributed by atoms with Crippen molar-refractivity contribution in [1.29, 1.82) is 0 Å². The fourth-order valence-corrected chi connectivity index (χ4v) is 2.53. The lowest BCUT2D eigenvalue weighted by molar-refractivity contribution is -0.0328. The van der Waals surface area contributed by atoms with Crippen molar-refractivity contribution in [3.63, 3.8) is 0 Å². The van der Waals surface area contributed by atoms with E-state index in [1.165, 1.54) is 25.0 Å². The highest BCUT2D eigenvalue weighted by molar-refractivity contribution is 8.00. The van der Waals surface area contributed by atoms with Gasteiger partial charge in [0.1, 0.15) is 0 Å². The van der Waals surface area contributed by atoms with E-state index < -0.39 is 5.51 Å². The largest absolute Gasteiger partial charge is 0.446 e. The molecule has 0 amide bonds. The summed E-state index contributed by atoms with van der Waals surface area (Å²) in [5, 5.41) is 3.31. The van der Waals surface area contributed by atoms with Crippen LogP contribution in [0.4, 0.5) is 13.2 Å². The van der Waals surface area contributed by atoms with Crippen molar-refractivity contribution in [2.75, 3.05) is 20.1 Å². The van der Waals surface area contributed by atoms with Crippen LogP contribution < -0.4 is 5.32 Å². The Morgan fingerprint density at radius 2 is 1.90 bits per heavy atom. The number of hydrogen-bond donors (Lipinski definition) is 1. The highest BCUT2D eigenvalue weighted by Crippen LogP contribution is 2.36. The summed E-state index contributed by atoms with van der Waals surface area (Å²) in [5.74, 6) is 0. The molecule has 0 unspecified atom stereocenters. The normalized spacial score (nSPS) is 15.8. The summed E-state index contributed by atoms with van der Waals surface area (Å²) in [6.07, 6.45) is 2.60. The quantitative estimate of drug-likeness (QED) is 0.613. The van der Waals surface area contributed by atoms with Crippen LogP contribution in [0.5, 0.6) is 0 Å². The second kappa shape index (κ2) is 6.83. The van der Waals surface area contributed by atoms with Crippen LogP contribution in [0.1, 0.15) is 18.4 Å². The van der Waals surface area contributed by atoms with Gasteiger partial charge in [0, 0.05) is 30.6 Å². The monoisotopic (exact) mass is 304 g/mol. The van der Waals surface area contributed by atoms with E-state index in [0.717, 1.165) is 24.7 Å². The molecule has 20 heavy (non-hydrogen) atoms. The molecule has 1 aliphatic rings. The molecule has 0 atom stereocenters. The Morgan fingerprint density at radius 3 is 2.45 bits per heavy atom. The van der Waals surface area contributed by atoms with E-state index in [2.05, 4.69) is 17.3 Å². The third-order valence-electron chi connectivity index (χ3n) is 3.30. The number of benzene rings is 1. The van der Waals surface area contributed by atoms with Crippen LogP contribution in [0.2, 0.25) is 0 Å². The Balaban J connectivity index is 1.68. The molecule has 1 saturated carbocycles. The lowest BCUT2D eigenvalue weighted by Gasteiger charge is -2.15. The van der Waals surface area contributed by atoms with E-state index in [1.807, 2.05) is 0 Å². The number of halogens is 3. The predicted octanol–water partition coefficient (Wildman–Crippen LogP) is 3.48. The summed E-state index contributed by atoms with van der Waals surface area (Å²) >= 11 is -0.0752. The van der Waals surface area contributed by atoms with Crippen molar-refractivity contribution >= 4 is 11.8 Å². The molecule has 2 rings (SSSR count). The second-order valence-corrected chi connectivity index (χ2v) is 6.22. The zero-order valence-electron chi connectivity index (χ0n) is 11.4.